The topological polar surface area (TPSA) is 53.6 Å². The fourth-order valence-electron chi connectivity index (χ4n) is 0.969. The zero-order chi connectivity index (χ0) is 8.81. The minimum absolute atomic E-state index is 0.115. The van der Waals surface area contributed by atoms with Gasteiger partial charge in [0.15, 0.2) is 0 Å². The summed E-state index contributed by atoms with van der Waals surface area (Å²) in [6.45, 7) is 6.81. The standard InChI is InChI=1S/C8H14N4/c1-3-5-9-7(4-2)8-6-10-12-11-8/h4,6-7,9H,2-3,5H2,1H3,(H,10,11,12). The fourth-order valence-corrected chi connectivity index (χ4v) is 0.969. The molecule has 4 nitrogen and oxygen atoms in total. The van der Waals surface area contributed by atoms with Crippen LogP contribution in [0.3, 0.4) is 0 Å². The number of hydrogen-bond acceptors (Lipinski definition) is 3. The van der Waals surface area contributed by atoms with Crippen molar-refractivity contribution in [3.8, 4) is 0 Å². The SMILES string of the molecule is C=CC(NCCC)c1cn[nH]n1. The second-order valence-electron chi connectivity index (χ2n) is 2.56. The molecule has 0 aliphatic carbocycles. The first-order chi connectivity index (χ1) is 5.88. The van der Waals surface area contributed by atoms with E-state index in [0.29, 0.717) is 0 Å². The lowest BCUT2D eigenvalue weighted by atomic mass is 10.2. The Morgan fingerprint density at radius 2 is 2.67 bits per heavy atom. The molecule has 0 amide bonds. The Hall–Kier alpha value is -1.16. The molecule has 0 fully saturated rings. The van der Waals surface area contributed by atoms with Crippen LogP contribution in [0, 0.1) is 0 Å². The first-order valence-corrected chi connectivity index (χ1v) is 4.10. The van der Waals surface area contributed by atoms with Gasteiger partial charge in [-0.25, -0.2) is 0 Å². The van der Waals surface area contributed by atoms with Gasteiger partial charge in [-0.2, -0.15) is 15.4 Å². The van der Waals surface area contributed by atoms with Crippen molar-refractivity contribution in [3.05, 3.63) is 24.5 Å². The fraction of sp³-hybridized carbons (Fsp3) is 0.500. The number of aromatic amines is 1. The Bertz CT molecular complexity index is 217. The van der Waals surface area contributed by atoms with Crippen molar-refractivity contribution >= 4 is 0 Å². The molecule has 1 atom stereocenters. The third-order valence-corrected chi connectivity index (χ3v) is 1.60. The zero-order valence-electron chi connectivity index (χ0n) is 7.25. The number of nitrogens with zero attached hydrogens (tertiary/aromatic N) is 2. The molecular formula is C8H14N4. The van der Waals surface area contributed by atoms with E-state index in [-0.39, 0.29) is 6.04 Å². The largest absolute Gasteiger partial charge is 0.305 e. The van der Waals surface area contributed by atoms with Crippen LogP contribution in [0.4, 0.5) is 0 Å². The Morgan fingerprint density at radius 3 is 3.17 bits per heavy atom. The van der Waals surface area contributed by atoms with Gasteiger partial charge in [0.2, 0.25) is 0 Å². The Kier molecular flexibility index (Phi) is 3.47. The van der Waals surface area contributed by atoms with Gasteiger partial charge >= 0.3 is 0 Å². The molecule has 66 valence electrons. The molecule has 12 heavy (non-hydrogen) atoms. The molecular weight excluding hydrogens is 152 g/mol. The maximum absolute atomic E-state index is 3.97. The monoisotopic (exact) mass is 166 g/mol. The van der Waals surface area contributed by atoms with Gasteiger partial charge in [0.25, 0.3) is 0 Å². The number of nitrogens with one attached hydrogen (secondary N) is 2. The summed E-state index contributed by atoms with van der Waals surface area (Å²) in [6, 6.07) is 0.115. The molecule has 1 aromatic rings. The van der Waals surface area contributed by atoms with Gasteiger partial charge in [-0.1, -0.05) is 13.0 Å². The van der Waals surface area contributed by atoms with Crippen LogP contribution in [0.25, 0.3) is 0 Å². The molecule has 0 aliphatic heterocycles. The first kappa shape index (κ1) is 8.93. The van der Waals surface area contributed by atoms with E-state index < -0.39 is 0 Å². The van der Waals surface area contributed by atoms with Gasteiger partial charge in [0.1, 0.15) is 5.69 Å². The lowest BCUT2D eigenvalue weighted by molar-refractivity contribution is 0.600. The highest BCUT2D eigenvalue weighted by atomic mass is 15.3. The average Bonchev–Trinajstić information content (AvgIpc) is 2.59. The van der Waals surface area contributed by atoms with Crippen LogP contribution in [-0.4, -0.2) is 22.0 Å². The number of aromatic nitrogens is 3. The van der Waals surface area contributed by atoms with Crippen molar-refractivity contribution in [3.63, 3.8) is 0 Å². The van der Waals surface area contributed by atoms with E-state index in [9.17, 15) is 0 Å². The molecule has 1 rings (SSSR count). The summed E-state index contributed by atoms with van der Waals surface area (Å²) in [5.74, 6) is 0. The minimum atomic E-state index is 0.115. The molecule has 0 spiro atoms. The molecule has 0 bridgehead atoms. The molecule has 1 aromatic heterocycles. The smallest absolute Gasteiger partial charge is 0.103 e. The van der Waals surface area contributed by atoms with Gasteiger partial charge in [-0.05, 0) is 13.0 Å². The summed E-state index contributed by atoms with van der Waals surface area (Å²) < 4.78 is 0. The molecule has 0 saturated heterocycles. The second-order valence-corrected chi connectivity index (χ2v) is 2.56. The molecule has 0 aliphatic rings. The molecule has 0 aromatic carbocycles. The van der Waals surface area contributed by atoms with Gasteiger partial charge in [0.05, 0.1) is 12.2 Å². The lowest BCUT2D eigenvalue weighted by Crippen LogP contribution is -2.20. The summed E-state index contributed by atoms with van der Waals surface area (Å²) in [5, 5.41) is 13.6. The summed E-state index contributed by atoms with van der Waals surface area (Å²) in [5.41, 5.74) is 0.887. The third-order valence-electron chi connectivity index (χ3n) is 1.60. The van der Waals surface area contributed by atoms with E-state index in [1.165, 1.54) is 0 Å². The average molecular weight is 166 g/mol. The van der Waals surface area contributed by atoms with E-state index in [2.05, 4.69) is 34.2 Å². The van der Waals surface area contributed by atoms with Crippen LogP contribution in [0.2, 0.25) is 0 Å². The van der Waals surface area contributed by atoms with E-state index in [1.807, 2.05) is 6.08 Å². The normalized spacial score (nSPS) is 12.8. The molecule has 1 heterocycles. The number of hydrogen-bond donors (Lipinski definition) is 2. The van der Waals surface area contributed by atoms with Crippen LogP contribution in [0.5, 0.6) is 0 Å². The van der Waals surface area contributed by atoms with Crippen LogP contribution in [0.1, 0.15) is 25.1 Å². The van der Waals surface area contributed by atoms with E-state index >= 15 is 0 Å². The lowest BCUT2D eigenvalue weighted by Gasteiger charge is -2.09. The zero-order valence-corrected chi connectivity index (χ0v) is 7.25. The molecule has 0 saturated carbocycles. The quantitative estimate of drug-likeness (QED) is 0.642. The highest BCUT2D eigenvalue weighted by Gasteiger charge is 2.07. The Morgan fingerprint density at radius 1 is 1.83 bits per heavy atom. The van der Waals surface area contributed by atoms with E-state index in [0.717, 1.165) is 18.7 Å². The third kappa shape index (κ3) is 2.17. The van der Waals surface area contributed by atoms with E-state index in [1.54, 1.807) is 6.20 Å². The summed E-state index contributed by atoms with van der Waals surface area (Å²) in [6.07, 6.45) is 4.63. The van der Waals surface area contributed by atoms with Crippen LogP contribution < -0.4 is 5.32 Å². The van der Waals surface area contributed by atoms with Crippen molar-refractivity contribution in [2.24, 2.45) is 0 Å². The van der Waals surface area contributed by atoms with Gasteiger partial charge in [0, 0.05) is 0 Å². The summed E-state index contributed by atoms with van der Waals surface area (Å²) in [7, 11) is 0. The van der Waals surface area contributed by atoms with Crippen molar-refractivity contribution in [1.82, 2.24) is 20.7 Å². The predicted molar refractivity (Wildman–Crippen MR) is 47.6 cm³/mol. The van der Waals surface area contributed by atoms with E-state index in [4.69, 9.17) is 0 Å². The molecule has 1 unspecified atom stereocenters. The molecule has 2 N–H and O–H groups in total. The maximum Gasteiger partial charge on any atom is 0.103 e. The van der Waals surface area contributed by atoms with Gasteiger partial charge in [-0.3, -0.25) is 0 Å². The Labute approximate surface area is 72.1 Å². The summed E-state index contributed by atoms with van der Waals surface area (Å²) in [4.78, 5) is 0. The second kappa shape index (κ2) is 4.66. The van der Waals surface area contributed by atoms with Crippen LogP contribution in [-0.2, 0) is 0 Å². The number of rotatable bonds is 5. The Balaban J connectivity index is 2.51. The van der Waals surface area contributed by atoms with Crippen molar-refractivity contribution < 1.29 is 0 Å². The van der Waals surface area contributed by atoms with Crippen molar-refractivity contribution in [2.45, 2.75) is 19.4 Å². The number of H-pyrrole nitrogens is 1. The van der Waals surface area contributed by atoms with Gasteiger partial charge < -0.3 is 5.32 Å². The minimum Gasteiger partial charge on any atom is -0.305 e. The van der Waals surface area contributed by atoms with Crippen LogP contribution in [0.15, 0.2) is 18.9 Å². The van der Waals surface area contributed by atoms with Crippen molar-refractivity contribution in [1.29, 1.82) is 0 Å². The maximum atomic E-state index is 3.97. The van der Waals surface area contributed by atoms with Crippen LogP contribution >= 0.6 is 0 Å². The summed E-state index contributed by atoms with van der Waals surface area (Å²) >= 11 is 0. The highest BCUT2D eigenvalue weighted by Crippen LogP contribution is 2.07. The van der Waals surface area contributed by atoms with Crippen molar-refractivity contribution in [2.75, 3.05) is 6.54 Å². The predicted octanol–water partition coefficient (Wildman–Crippen LogP) is 1.03. The molecule has 4 heteroatoms. The first-order valence-electron chi connectivity index (χ1n) is 4.10. The van der Waals surface area contributed by atoms with Gasteiger partial charge in [-0.15, -0.1) is 6.58 Å². The highest BCUT2D eigenvalue weighted by molar-refractivity contribution is 5.06. The molecule has 0 radical (unpaired) electrons.